The molecule has 2 amide bonds. The Morgan fingerprint density at radius 2 is 1.76 bits per heavy atom. The lowest BCUT2D eigenvalue weighted by molar-refractivity contribution is 0.00700. The molecular weight excluding hydrogens is 518 g/mol. The van der Waals surface area contributed by atoms with E-state index >= 15 is 0 Å². The number of ether oxygens (including phenoxy) is 2. The van der Waals surface area contributed by atoms with Gasteiger partial charge in [0.25, 0.3) is 5.91 Å². The van der Waals surface area contributed by atoms with E-state index in [1.807, 2.05) is 90.9 Å². The van der Waals surface area contributed by atoms with Gasteiger partial charge >= 0.3 is 6.09 Å². The van der Waals surface area contributed by atoms with E-state index in [-0.39, 0.29) is 25.0 Å². The van der Waals surface area contributed by atoms with Gasteiger partial charge in [0.1, 0.15) is 17.2 Å². The number of hydrogen-bond acceptors (Lipinski definition) is 7. The topological polar surface area (TPSA) is 96.9 Å². The smallest absolute Gasteiger partial charge is 0.410 e. The van der Waals surface area contributed by atoms with Crippen LogP contribution in [0.2, 0.25) is 0 Å². The molecule has 1 N–H and O–H groups in total. The van der Waals surface area contributed by atoms with Crippen LogP contribution in [0.4, 0.5) is 16.6 Å². The maximum Gasteiger partial charge on any atom is 0.410 e. The van der Waals surface area contributed by atoms with Crippen LogP contribution < -0.4 is 15.0 Å². The number of nitrogens with one attached hydrogen (secondary N) is 1. The minimum absolute atomic E-state index is 0.0455. The summed E-state index contributed by atoms with van der Waals surface area (Å²) in [7, 11) is 0. The van der Waals surface area contributed by atoms with Gasteiger partial charge in [0.15, 0.2) is 0 Å². The zero-order valence-corrected chi connectivity index (χ0v) is 25.1. The molecule has 1 aliphatic rings. The first-order chi connectivity index (χ1) is 19.3. The second-order valence-electron chi connectivity index (χ2n) is 12.2. The van der Waals surface area contributed by atoms with Gasteiger partial charge in [-0.15, -0.1) is 0 Å². The number of benzene rings is 2. The fraction of sp³-hybridized carbons (Fsp3) is 0.438. The van der Waals surface area contributed by atoms with Gasteiger partial charge in [-0.2, -0.15) is 4.98 Å². The summed E-state index contributed by atoms with van der Waals surface area (Å²) >= 11 is 0. The summed E-state index contributed by atoms with van der Waals surface area (Å²) in [4.78, 5) is 39.6. The summed E-state index contributed by atoms with van der Waals surface area (Å²) < 4.78 is 11.3. The number of amides is 2. The lowest BCUT2D eigenvalue weighted by Gasteiger charge is -2.38. The average molecular weight is 560 g/mol. The van der Waals surface area contributed by atoms with E-state index in [9.17, 15) is 9.59 Å². The van der Waals surface area contributed by atoms with E-state index in [1.165, 1.54) is 0 Å². The molecule has 0 spiro atoms. The predicted octanol–water partition coefficient (Wildman–Crippen LogP) is 6.27. The summed E-state index contributed by atoms with van der Waals surface area (Å²) in [5.74, 6) is 1.42. The minimum atomic E-state index is -0.648. The van der Waals surface area contributed by atoms with Crippen molar-refractivity contribution in [3.05, 3.63) is 77.5 Å². The SMILES string of the molecule is C[C@H](Nc1nccc(N(CCN(C(=O)OC(C)(C)C)C(C)(C)C)C(=O)c2ccc3c(c2)CCO3)n1)c1ccccc1. The molecule has 0 saturated carbocycles. The first kappa shape index (κ1) is 29.8. The molecule has 218 valence electrons. The van der Waals surface area contributed by atoms with Crippen LogP contribution in [0.5, 0.6) is 5.75 Å². The fourth-order valence-electron chi connectivity index (χ4n) is 4.60. The minimum Gasteiger partial charge on any atom is -0.493 e. The van der Waals surface area contributed by atoms with Crippen LogP contribution in [-0.2, 0) is 11.2 Å². The van der Waals surface area contributed by atoms with Crippen molar-refractivity contribution in [2.75, 3.05) is 29.9 Å². The third kappa shape index (κ3) is 7.74. The van der Waals surface area contributed by atoms with Crippen molar-refractivity contribution in [1.29, 1.82) is 0 Å². The number of nitrogens with zero attached hydrogens (tertiary/aromatic N) is 4. The molecule has 1 aromatic heterocycles. The first-order valence-electron chi connectivity index (χ1n) is 14.0. The summed E-state index contributed by atoms with van der Waals surface area (Å²) in [5.41, 5.74) is 1.44. The van der Waals surface area contributed by atoms with Crippen molar-refractivity contribution in [3.63, 3.8) is 0 Å². The number of rotatable bonds is 8. The van der Waals surface area contributed by atoms with Gasteiger partial charge in [0.05, 0.1) is 12.6 Å². The molecule has 2 aromatic carbocycles. The summed E-state index contributed by atoms with van der Waals surface area (Å²) in [5, 5.41) is 3.34. The summed E-state index contributed by atoms with van der Waals surface area (Å²) in [6.45, 7) is 14.4. The van der Waals surface area contributed by atoms with Crippen LogP contribution >= 0.6 is 0 Å². The zero-order chi connectivity index (χ0) is 29.8. The van der Waals surface area contributed by atoms with Crippen molar-refractivity contribution in [3.8, 4) is 5.75 Å². The van der Waals surface area contributed by atoms with Crippen LogP contribution in [0.1, 0.15) is 76.0 Å². The van der Waals surface area contributed by atoms with Crippen LogP contribution in [0.25, 0.3) is 0 Å². The third-order valence-electron chi connectivity index (χ3n) is 6.72. The largest absolute Gasteiger partial charge is 0.493 e. The lowest BCUT2D eigenvalue weighted by atomic mass is 10.1. The van der Waals surface area contributed by atoms with Crippen LogP contribution in [0.15, 0.2) is 60.8 Å². The zero-order valence-electron chi connectivity index (χ0n) is 25.1. The van der Waals surface area contributed by atoms with E-state index in [2.05, 4.69) is 10.3 Å². The van der Waals surface area contributed by atoms with Gasteiger partial charge in [-0.05, 0) is 83.9 Å². The highest BCUT2D eigenvalue weighted by molar-refractivity contribution is 6.06. The fourth-order valence-corrected chi connectivity index (χ4v) is 4.60. The number of anilines is 2. The molecular formula is C32H41N5O4. The second-order valence-corrected chi connectivity index (χ2v) is 12.2. The Hall–Kier alpha value is -4.14. The quantitative estimate of drug-likeness (QED) is 0.348. The Labute approximate surface area is 242 Å². The molecule has 1 aliphatic heterocycles. The van der Waals surface area contributed by atoms with Crippen LogP contribution in [-0.4, -0.2) is 57.7 Å². The third-order valence-corrected chi connectivity index (χ3v) is 6.72. The number of aromatic nitrogens is 2. The molecule has 0 saturated heterocycles. The Morgan fingerprint density at radius 3 is 2.44 bits per heavy atom. The molecule has 0 aliphatic carbocycles. The number of carbonyl (C=O) groups is 2. The maximum atomic E-state index is 14.0. The average Bonchev–Trinajstić information content (AvgIpc) is 3.38. The number of hydrogen-bond donors (Lipinski definition) is 1. The maximum absolute atomic E-state index is 14.0. The molecule has 0 radical (unpaired) electrons. The van der Waals surface area contributed by atoms with Gasteiger partial charge in [0, 0.05) is 36.8 Å². The van der Waals surface area contributed by atoms with Crippen molar-refractivity contribution >= 4 is 23.8 Å². The molecule has 9 heteroatoms. The van der Waals surface area contributed by atoms with E-state index in [1.54, 1.807) is 28.1 Å². The van der Waals surface area contributed by atoms with Gasteiger partial charge in [-0.3, -0.25) is 9.69 Å². The van der Waals surface area contributed by atoms with Crippen molar-refractivity contribution in [2.24, 2.45) is 0 Å². The Morgan fingerprint density at radius 1 is 1.02 bits per heavy atom. The Bertz CT molecular complexity index is 1360. The molecule has 0 unspecified atom stereocenters. The summed E-state index contributed by atoms with van der Waals surface area (Å²) in [6.07, 6.45) is 1.95. The normalized spacial score (nSPS) is 13.5. The van der Waals surface area contributed by atoms with Gasteiger partial charge in [-0.25, -0.2) is 9.78 Å². The molecule has 0 bridgehead atoms. The van der Waals surface area contributed by atoms with E-state index in [0.717, 1.165) is 23.3 Å². The standard InChI is InChI=1S/C32H41N5O4/c1-22(23-11-9-8-10-12-23)34-29-33-17-15-27(35-29)36(28(38)25-13-14-26-24(21-25)16-20-40-26)18-19-37(31(2,3)4)30(39)41-32(5,6)7/h8-15,17,21-22H,16,18-20H2,1-7H3,(H,33,34,35)/t22-/m0/s1. The molecule has 1 atom stereocenters. The number of carbonyl (C=O) groups excluding carboxylic acids is 2. The first-order valence-corrected chi connectivity index (χ1v) is 14.0. The van der Waals surface area contributed by atoms with E-state index in [4.69, 9.17) is 14.5 Å². The van der Waals surface area contributed by atoms with Crippen molar-refractivity contribution in [2.45, 2.75) is 72.1 Å². The van der Waals surface area contributed by atoms with E-state index in [0.29, 0.717) is 23.9 Å². The van der Waals surface area contributed by atoms with Gasteiger partial charge in [0.2, 0.25) is 5.95 Å². The molecule has 4 rings (SSSR count). The van der Waals surface area contributed by atoms with Crippen LogP contribution in [0, 0.1) is 0 Å². The molecule has 2 heterocycles. The highest BCUT2D eigenvalue weighted by atomic mass is 16.6. The lowest BCUT2D eigenvalue weighted by Crippen LogP contribution is -2.51. The van der Waals surface area contributed by atoms with E-state index < -0.39 is 17.2 Å². The summed E-state index contributed by atoms with van der Waals surface area (Å²) in [6, 6.07) is 17.2. The van der Waals surface area contributed by atoms with Gasteiger partial charge in [-0.1, -0.05) is 30.3 Å². The second kappa shape index (κ2) is 12.2. The monoisotopic (exact) mass is 559 g/mol. The molecule has 3 aromatic rings. The molecule has 0 fully saturated rings. The number of fused-ring (bicyclic) bond motifs is 1. The van der Waals surface area contributed by atoms with Crippen molar-refractivity contribution < 1.29 is 19.1 Å². The highest BCUT2D eigenvalue weighted by Gasteiger charge is 2.32. The molecule has 41 heavy (non-hydrogen) atoms. The predicted molar refractivity (Wildman–Crippen MR) is 161 cm³/mol. The van der Waals surface area contributed by atoms with Gasteiger partial charge < -0.3 is 19.7 Å². The molecule has 9 nitrogen and oxygen atoms in total. The van der Waals surface area contributed by atoms with Crippen LogP contribution in [0.3, 0.4) is 0 Å². The Kier molecular flexibility index (Phi) is 8.85. The highest BCUT2D eigenvalue weighted by Crippen LogP contribution is 2.28. The Balaban J connectivity index is 1.64. The van der Waals surface area contributed by atoms with Crippen molar-refractivity contribution in [1.82, 2.24) is 14.9 Å².